The van der Waals surface area contributed by atoms with E-state index in [1.807, 2.05) is 0 Å². The van der Waals surface area contributed by atoms with Crippen molar-refractivity contribution in [1.82, 2.24) is 4.90 Å². The molecule has 2 heterocycles. The minimum absolute atomic E-state index is 0.0260. The van der Waals surface area contributed by atoms with Gasteiger partial charge in [0.1, 0.15) is 0 Å². The summed E-state index contributed by atoms with van der Waals surface area (Å²) >= 11 is 0. The van der Waals surface area contributed by atoms with Crippen molar-refractivity contribution in [2.24, 2.45) is 0 Å². The number of aliphatic hydroxyl groups is 1. The summed E-state index contributed by atoms with van der Waals surface area (Å²) in [6.45, 7) is 5.13. The molecule has 1 atom stereocenters. The Hall–Kier alpha value is -0.200. The molecule has 94 valence electrons. The highest BCUT2D eigenvalue weighted by Gasteiger charge is 2.21. The van der Waals surface area contributed by atoms with E-state index >= 15 is 0 Å². The Balaban J connectivity index is 1.64. The molecule has 0 aliphatic carbocycles. The molecule has 1 unspecified atom stereocenters. The largest absolute Gasteiger partial charge is 0.394 e. The fraction of sp³-hybridized carbons (Fsp3) is 1.00. The van der Waals surface area contributed by atoms with Crippen molar-refractivity contribution in [1.29, 1.82) is 0 Å². The molecule has 0 aromatic heterocycles. The van der Waals surface area contributed by atoms with Crippen LogP contribution < -0.4 is 0 Å². The van der Waals surface area contributed by atoms with Crippen LogP contribution >= 0.6 is 0 Å². The first-order chi connectivity index (χ1) is 7.88. The zero-order chi connectivity index (χ0) is 11.2. The van der Waals surface area contributed by atoms with Gasteiger partial charge in [-0.3, -0.25) is 4.90 Å². The third kappa shape index (κ3) is 3.68. The van der Waals surface area contributed by atoms with Gasteiger partial charge in [-0.15, -0.1) is 0 Å². The van der Waals surface area contributed by atoms with Gasteiger partial charge < -0.3 is 19.3 Å². The first kappa shape index (κ1) is 12.3. The first-order valence-electron chi connectivity index (χ1n) is 6.06. The first-order valence-corrected chi connectivity index (χ1v) is 6.06. The van der Waals surface area contributed by atoms with E-state index in [4.69, 9.17) is 19.3 Å². The van der Waals surface area contributed by atoms with Gasteiger partial charge in [-0.2, -0.15) is 0 Å². The van der Waals surface area contributed by atoms with Crippen LogP contribution in [0.4, 0.5) is 0 Å². The van der Waals surface area contributed by atoms with Crippen LogP contribution in [-0.2, 0) is 14.2 Å². The van der Waals surface area contributed by atoms with Crippen LogP contribution in [0.15, 0.2) is 0 Å². The smallest absolute Gasteiger partial charge is 0.158 e. The Labute approximate surface area is 96.3 Å². The highest BCUT2D eigenvalue weighted by molar-refractivity contribution is 4.71. The van der Waals surface area contributed by atoms with Gasteiger partial charge in [-0.1, -0.05) is 0 Å². The van der Waals surface area contributed by atoms with Crippen LogP contribution in [0.3, 0.4) is 0 Å². The van der Waals surface area contributed by atoms with Crippen LogP contribution in [0, 0.1) is 0 Å². The zero-order valence-electron chi connectivity index (χ0n) is 9.64. The van der Waals surface area contributed by atoms with E-state index in [0.29, 0.717) is 6.61 Å². The highest BCUT2D eigenvalue weighted by atomic mass is 16.7. The molecule has 2 saturated heterocycles. The van der Waals surface area contributed by atoms with Crippen LogP contribution in [0.5, 0.6) is 0 Å². The number of hydrogen-bond donors (Lipinski definition) is 1. The van der Waals surface area contributed by atoms with Gasteiger partial charge in [0.25, 0.3) is 0 Å². The lowest BCUT2D eigenvalue weighted by atomic mass is 10.2. The van der Waals surface area contributed by atoms with Gasteiger partial charge in [0, 0.05) is 26.1 Å². The van der Waals surface area contributed by atoms with E-state index in [0.717, 1.165) is 45.7 Å². The van der Waals surface area contributed by atoms with E-state index in [9.17, 15) is 0 Å². The number of nitrogens with zero attached hydrogens (tertiary/aromatic N) is 1. The minimum atomic E-state index is -0.0378. The number of morpholine rings is 1. The molecule has 0 bridgehead atoms. The van der Waals surface area contributed by atoms with Gasteiger partial charge in [-0.05, 0) is 6.42 Å². The average molecular weight is 231 g/mol. The van der Waals surface area contributed by atoms with Crippen molar-refractivity contribution < 1.29 is 19.3 Å². The van der Waals surface area contributed by atoms with Gasteiger partial charge >= 0.3 is 0 Å². The maximum atomic E-state index is 9.02. The number of rotatable bonds is 4. The molecule has 1 N–H and O–H groups in total. The Morgan fingerprint density at radius 2 is 1.94 bits per heavy atom. The van der Waals surface area contributed by atoms with Crippen molar-refractivity contribution in [2.75, 3.05) is 46.1 Å². The Morgan fingerprint density at radius 1 is 1.12 bits per heavy atom. The molecule has 0 radical (unpaired) electrons. The fourth-order valence-corrected chi connectivity index (χ4v) is 2.09. The molecule has 0 aromatic carbocycles. The van der Waals surface area contributed by atoms with Crippen molar-refractivity contribution >= 4 is 0 Å². The van der Waals surface area contributed by atoms with Crippen LogP contribution in [0.2, 0.25) is 0 Å². The summed E-state index contributed by atoms with van der Waals surface area (Å²) < 4.78 is 16.4. The van der Waals surface area contributed by atoms with E-state index in [2.05, 4.69) is 4.90 Å². The predicted octanol–water partition coefficient (Wildman–Crippen LogP) is -0.167. The normalized spacial score (nSPS) is 29.4. The zero-order valence-corrected chi connectivity index (χ0v) is 9.64. The molecule has 0 spiro atoms. The van der Waals surface area contributed by atoms with E-state index < -0.39 is 0 Å². The molecule has 2 fully saturated rings. The van der Waals surface area contributed by atoms with E-state index in [-0.39, 0.29) is 19.0 Å². The lowest BCUT2D eigenvalue weighted by Crippen LogP contribution is -2.45. The molecule has 2 aliphatic heterocycles. The van der Waals surface area contributed by atoms with Crippen molar-refractivity contribution in [2.45, 2.75) is 25.2 Å². The molecular weight excluding hydrogens is 210 g/mol. The highest BCUT2D eigenvalue weighted by Crippen LogP contribution is 2.11. The van der Waals surface area contributed by atoms with E-state index in [1.165, 1.54) is 0 Å². The molecule has 0 amide bonds. The van der Waals surface area contributed by atoms with Gasteiger partial charge in [0.2, 0.25) is 0 Å². The number of hydrogen-bond acceptors (Lipinski definition) is 5. The summed E-state index contributed by atoms with van der Waals surface area (Å²) in [5.74, 6) is 0. The van der Waals surface area contributed by atoms with Crippen LogP contribution in [0.25, 0.3) is 0 Å². The second-order valence-electron chi connectivity index (χ2n) is 4.29. The molecule has 16 heavy (non-hydrogen) atoms. The lowest BCUT2D eigenvalue weighted by molar-refractivity contribution is -0.184. The summed E-state index contributed by atoms with van der Waals surface area (Å²) in [4.78, 5) is 2.30. The fourth-order valence-electron chi connectivity index (χ4n) is 2.09. The van der Waals surface area contributed by atoms with Crippen LogP contribution in [-0.4, -0.2) is 68.5 Å². The summed E-state index contributed by atoms with van der Waals surface area (Å²) in [5.41, 5.74) is 0. The maximum Gasteiger partial charge on any atom is 0.158 e. The van der Waals surface area contributed by atoms with Crippen molar-refractivity contribution in [3.05, 3.63) is 0 Å². The number of aliphatic hydroxyl groups excluding tert-OH is 1. The third-order valence-corrected chi connectivity index (χ3v) is 3.00. The van der Waals surface area contributed by atoms with Gasteiger partial charge in [-0.25, -0.2) is 0 Å². The second kappa shape index (κ2) is 6.51. The summed E-state index contributed by atoms with van der Waals surface area (Å²) in [7, 11) is 0. The van der Waals surface area contributed by atoms with Gasteiger partial charge in [0.05, 0.1) is 32.5 Å². The molecule has 2 rings (SSSR count). The molecule has 2 aliphatic rings. The predicted molar refractivity (Wildman–Crippen MR) is 58.2 cm³/mol. The SMILES string of the molecule is OCC1CN(CCC2OCCCO2)CCO1. The average Bonchev–Trinajstić information content (AvgIpc) is 2.38. The maximum absolute atomic E-state index is 9.02. The summed E-state index contributed by atoms with van der Waals surface area (Å²) in [5, 5.41) is 9.02. The minimum Gasteiger partial charge on any atom is -0.394 e. The Kier molecular flexibility index (Phi) is 4.99. The monoisotopic (exact) mass is 231 g/mol. The number of ether oxygens (including phenoxy) is 3. The van der Waals surface area contributed by atoms with Crippen molar-refractivity contribution in [3.63, 3.8) is 0 Å². The quantitative estimate of drug-likeness (QED) is 0.728. The van der Waals surface area contributed by atoms with Gasteiger partial charge in [0.15, 0.2) is 6.29 Å². The molecule has 5 heteroatoms. The molecule has 5 nitrogen and oxygen atoms in total. The van der Waals surface area contributed by atoms with Crippen molar-refractivity contribution in [3.8, 4) is 0 Å². The van der Waals surface area contributed by atoms with Crippen LogP contribution in [0.1, 0.15) is 12.8 Å². The van der Waals surface area contributed by atoms with E-state index in [1.54, 1.807) is 0 Å². The third-order valence-electron chi connectivity index (χ3n) is 3.00. The summed E-state index contributed by atoms with van der Waals surface area (Å²) in [6, 6.07) is 0. The molecule has 0 saturated carbocycles. The molecule has 0 aromatic rings. The lowest BCUT2D eigenvalue weighted by Gasteiger charge is -2.33. The standard InChI is InChI=1S/C11H21NO4/c13-9-10-8-12(4-7-14-10)3-2-11-15-5-1-6-16-11/h10-11,13H,1-9H2. The Morgan fingerprint density at radius 3 is 2.69 bits per heavy atom. The summed E-state index contributed by atoms with van der Waals surface area (Å²) in [6.07, 6.45) is 1.84. The Bertz CT molecular complexity index is 196. The second-order valence-corrected chi connectivity index (χ2v) is 4.29. The molecular formula is C11H21NO4. The topological polar surface area (TPSA) is 51.2 Å².